The first kappa shape index (κ1) is 9.97. The van der Waals surface area contributed by atoms with Crippen molar-refractivity contribution in [2.24, 2.45) is 0 Å². The molecule has 3 heteroatoms. The predicted octanol–water partition coefficient (Wildman–Crippen LogP) is 1.19. The van der Waals surface area contributed by atoms with Gasteiger partial charge in [0.1, 0.15) is 12.6 Å². The van der Waals surface area contributed by atoms with Crippen LogP contribution in [0.15, 0.2) is 24.3 Å². The minimum absolute atomic E-state index is 0.138. The van der Waals surface area contributed by atoms with Crippen LogP contribution in [-0.4, -0.2) is 18.5 Å². The van der Waals surface area contributed by atoms with Crippen molar-refractivity contribution < 1.29 is 10.1 Å². The standard InChI is InChI=1S/C11H14ClNO/c1-8-2-4-9(5-3-8)11-13-7-10(6-12)14-11/h2-5,10-11,13H,6-7H2,1H3/p+1/t10-,11+/m1/s1. The molecule has 0 amide bonds. The lowest BCUT2D eigenvalue weighted by Gasteiger charge is -2.07. The Labute approximate surface area is 89.2 Å². The van der Waals surface area contributed by atoms with Crippen LogP contribution in [0.5, 0.6) is 0 Å². The van der Waals surface area contributed by atoms with Crippen LogP contribution in [0.25, 0.3) is 0 Å². The van der Waals surface area contributed by atoms with Crippen molar-refractivity contribution in [3.8, 4) is 0 Å². The van der Waals surface area contributed by atoms with E-state index in [4.69, 9.17) is 16.3 Å². The van der Waals surface area contributed by atoms with E-state index in [1.165, 1.54) is 11.1 Å². The Hall–Kier alpha value is -0.570. The summed E-state index contributed by atoms with van der Waals surface area (Å²) in [6.45, 7) is 3.05. The summed E-state index contributed by atoms with van der Waals surface area (Å²) in [4.78, 5) is 0. The fourth-order valence-electron chi connectivity index (χ4n) is 1.66. The number of aryl methyl sites for hydroxylation is 1. The highest BCUT2D eigenvalue weighted by molar-refractivity contribution is 6.18. The van der Waals surface area contributed by atoms with Crippen molar-refractivity contribution in [3.63, 3.8) is 0 Å². The molecular formula is C11H15ClNO+. The average Bonchev–Trinajstić information content (AvgIpc) is 2.67. The number of nitrogens with two attached hydrogens (primary N) is 1. The Morgan fingerprint density at radius 2 is 2.14 bits per heavy atom. The summed E-state index contributed by atoms with van der Waals surface area (Å²) in [7, 11) is 0. The lowest BCUT2D eigenvalue weighted by molar-refractivity contribution is -0.697. The molecule has 1 aliphatic heterocycles. The quantitative estimate of drug-likeness (QED) is 0.733. The van der Waals surface area contributed by atoms with Crippen LogP contribution in [-0.2, 0) is 4.74 Å². The molecule has 2 nitrogen and oxygen atoms in total. The molecule has 0 aromatic heterocycles. The van der Waals surface area contributed by atoms with Crippen molar-refractivity contribution >= 4 is 11.6 Å². The van der Waals surface area contributed by atoms with E-state index < -0.39 is 0 Å². The number of alkyl halides is 1. The van der Waals surface area contributed by atoms with Crippen LogP contribution in [0.4, 0.5) is 0 Å². The molecule has 2 atom stereocenters. The number of hydrogen-bond acceptors (Lipinski definition) is 1. The van der Waals surface area contributed by atoms with E-state index in [9.17, 15) is 0 Å². The number of hydrogen-bond donors (Lipinski definition) is 1. The van der Waals surface area contributed by atoms with Gasteiger partial charge in [0.05, 0.1) is 5.88 Å². The topological polar surface area (TPSA) is 25.8 Å². The van der Waals surface area contributed by atoms with Crippen LogP contribution in [0.2, 0.25) is 0 Å². The first-order valence-electron chi connectivity index (χ1n) is 4.91. The Balaban J connectivity index is 2.06. The maximum Gasteiger partial charge on any atom is 0.217 e. The summed E-state index contributed by atoms with van der Waals surface area (Å²) < 4.78 is 5.75. The molecule has 0 radical (unpaired) electrons. The van der Waals surface area contributed by atoms with Gasteiger partial charge in [0.2, 0.25) is 6.23 Å². The van der Waals surface area contributed by atoms with Gasteiger partial charge in [0, 0.05) is 5.56 Å². The van der Waals surface area contributed by atoms with Crippen LogP contribution < -0.4 is 5.32 Å². The minimum atomic E-state index is 0.138. The second-order valence-corrected chi connectivity index (χ2v) is 4.02. The third kappa shape index (κ3) is 2.08. The summed E-state index contributed by atoms with van der Waals surface area (Å²) in [6, 6.07) is 8.46. The van der Waals surface area contributed by atoms with Gasteiger partial charge in [-0.05, 0) is 6.92 Å². The van der Waals surface area contributed by atoms with Crippen LogP contribution >= 0.6 is 11.6 Å². The number of ether oxygens (including phenoxy) is 1. The van der Waals surface area contributed by atoms with Gasteiger partial charge >= 0.3 is 0 Å². The third-order valence-electron chi connectivity index (χ3n) is 2.53. The molecule has 2 N–H and O–H groups in total. The summed E-state index contributed by atoms with van der Waals surface area (Å²) in [5.74, 6) is 0.582. The van der Waals surface area contributed by atoms with Gasteiger partial charge in [-0.15, -0.1) is 11.6 Å². The van der Waals surface area contributed by atoms with Crippen LogP contribution in [0.1, 0.15) is 17.4 Å². The third-order valence-corrected chi connectivity index (χ3v) is 2.87. The van der Waals surface area contributed by atoms with Gasteiger partial charge in [-0.2, -0.15) is 0 Å². The maximum absolute atomic E-state index is 5.75. The molecule has 0 spiro atoms. The molecule has 1 heterocycles. The monoisotopic (exact) mass is 212 g/mol. The first-order chi connectivity index (χ1) is 6.79. The summed E-state index contributed by atoms with van der Waals surface area (Å²) >= 11 is 5.74. The Bertz CT molecular complexity index is 299. The van der Waals surface area contributed by atoms with Crippen LogP contribution in [0, 0.1) is 6.92 Å². The lowest BCUT2D eigenvalue weighted by atomic mass is 10.1. The molecule has 0 saturated carbocycles. The zero-order chi connectivity index (χ0) is 9.97. The van der Waals surface area contributed by atoms with Gasteiger partial charge in [-0.25, -0.2) is 0 Å². The molecular weight excluding hydrogens is 198 g/mol. The van der Waals surface area contributed by atoms with Gasteiger partial charge < -0.3 is 10.1 Å². The number of rotatable bonds is 2. The summed E-state index contributed by atoms with van der Waals surface area (Å²) in [6.07, 6.45) is 0.335. The van der Waals surface area contributed by atoms with Crippen molar-refractivity contribution in [1.82, 2.24) is 0 Å². The van der Waals surface area contributed by atoms with Gasteiger partial charge in [-0.3, -0.25) is 0 Å². The predicted molar refractivity (Wildman–Crippen MR) is 56.3 cm³/mol. The maximum atomic E-state index is 5.75. The zero-order valence-electron chi connectivity index (χ0n) is 8.24. The second kappa shape index (κ2) is 4.30. The van der Waals surface area contributed by atoms with Gasteiger partial charge in [0.15, 0.2) is 0 Å². The minimum Gasteiger partial charge on any atom is -0.315 e. The highest BCUT2D eigenvalue weighted by atomic mass is 35.5. The Kier molecular flexibility index (Phi) is 3.06. The Morgan fingerprint density at radius 1 is 1.43 bits per heavy atom. The van der Waals surface area contributed by atoms with Gasteiger partial charge in [-0.1, -0.05) is 29.8 Å². The number of quaternary nitrogens is 1. The van der Waals surface area contributed by atoms with Crippen molar-refractivity contribution in [2.45, 2.75) is 19.3 Å². The fourth-order valence-corrected chi connectivity index (χ4v) is 1.86. The smallest absolute Gasteiger partial charge is 0.217 e. The van der Waals surface area contributed by atoms with E-state index in [2.05, 4.69) is 36.5 Å². The Morgan fingerprint density at radius 3 is 2.71 bits per heavy atom. The number of benzene rings is 1. The summed E-state index contributed by atoms with van der Waals surface area (Å²) in [5.41, 5.74) is 2.50. The molecule has 0 unspecified atom stereocenters. The van der Waals surface area contributed by atoms with Crippen molar-refractivity contribution in [1.29, 1.82) is 0 Å². The lowest BCUT2D eigenvalue weighted by Crippen LogP contribution is -2.82. The van der Waals surface area contributed by atoms with E-state index in [-0.39, 0.29) is 12.3 Å². The summed E-state index contributed by atoms with van der Waals surface area (Å²) in [5, 5.41) is 2.19. The van der Waals surface area contributed by atoms with E-state index in [0.29, 0.717) is 5.88 Å². The normalized spacial score (nSPS) is 26.7. The largest absolute Gasteiger partial charge is 0.315 e. The molecule has 1 aliphatic rings. The van der Waals surface area contributed by atoms with E-state index >= 15 is 0 Å². The molecule has 14 heavy (non-hydrogen) atoms. The highest BCUT2D eigenvalue weighted by Crippen LogP contribution is 2.16. The second-order valence-electron chi connectivity index (χ2n) is 3.72. The SMILES string of the molecule is Cc1ccc([C@H]2[NH2+]C[C@@H](CCl)O2)cc1. The average molecular weight is 213 g/mol. The molecule has 2 rings (SSSR count). The van der Waals surface area contributed by atoms with E-state index in [0.717, 1.165) is 6.54 Å². The molecule has 0 aliphatic carbocycles. The molecule has 1 fully saturated rings. The number of halogens is 1. The molecule has 0 bridgehead atoms. The highest BCUT2D eigenvalue weighted by Gasteiger charge is 2.28. The van der Waals surface area contributed by atoms with Gasteiger partial charge in [0.25, 0.3) is 0 Å². The van der Waals surface area contributed by atoms with Crippen LogP contribution in [0.3, 0.4) is 0 Å². The fraction of sp³-hybridized carbons (Fsp3) is 0.455. The van der Waals surface area contributed by atoms with E-state index in [1.54, 1.807) is 0 Å². The van der Waals surface area contributed by atoms with Crippen molar-refractivity contribution in [3.05, 3.63) is 35.4 Å². The molecule has 1 saturated heterocycles. The zero-order valence-corrected chi connectivity index (χ0v) is 9.00. The molecule has 76 valence electrons. The van der Waals surface area contributed by atoms with Crippen molar-refractivity contribution in [2.75, 3.05) is 12.4 Å². The molecule has 1 aromatic rings. The first-order valence-corrected chi connectivity index (χ1v) is 5.44. The van der Waals surface area contributed by atoms with E-state index in [1.807, 2.05) is 0 Å². The molecule has 1 aromatic carbocycles.